The van der Waals surface area contributed by atoms with Crippen LogP contribution in [0.1, 0.15) is 19.0 Å². The zero-order chi connectivity index (χ0) is 13.5. The van der Waals surface area contributed by atoms with Gasteiger partial charge in [-0.15, -0.1) is 0 Å². The van der Waals surface area contributed by atoms with Crippen LogP contribution in [0.5, 0.6) is 5.75 Å². The molecule has 1 N–H and O–H groups in total. The molecule has 1 aromatic heterocycles. The molecule has 4 nitrogen and oxygen atoms in total. The van der Waals surface area contributed by atoms with Gasteiger partial charge < -0.3 is 10.1 Å². The second-order valence-electron chi connectivity index (χ2n) is 4.31. The van der Waals surface area contributed by atoms with Crippen LogP contribution < -0.4 is 10.1 Å². The van der Waals surface area contributed by atoms with Crippen molar-refractivity contribution in [2.75, 3.05) is 13.7 Å². The van der Waals surface area contributed by atoms with Crippen molar-refractivity contribution in [2.24, 2.45) is 0 Å². The first-order valence-electron chi connectivity index (χ1n) is 6.54. The standard InChI is InChI=1S/C15H19N3O/c1-3-10-19-14-7-4-12(5-8-14)15-9-6-13(11-16-2)17-18-15/h4-9,16H,3,10-11H2,1-2H3. The zero-order valence-electron chi connectivity index (χ0n) is 11.4. The number of nitrogens with one attached hydrogen (secondary N) is 1. The van der Waals surface area contributed by atoms with E-state index in [4.69, 9.17) is 4.74 Å². The fourth-order valence-electron chi connectivity index (χ4n) is 1.73. The van der Waals surface area contributed by atoms with Crippen molar-refractivity contribution < 1.29 is 4.74 Å². The number of hydrogen-bond donors (Lipinski definition) is 1. The molecule has 4 heteroatoms. The highest BCUT2D eigenvalue weighted by Crippen LogP contribution is 2.20. The second kappa shape index (κ2) is 6.85. The van der Waals surface area contributed by atoms with E-state index in [1.54, 1.807) is 0 Å². The summed E-state index contributed by atoms with van der Waals surface area (Å²) in [5.41, 5.74) is 2.86. The Labute approximate surface area is 113 Å². The molecular weight excluding hydrogens is 238 g/mol. The molecule has 0 unspecified atom stereocenters. The molecule has 0 aliphatic carbocycles. The van der Waals surface area contributed by atoms with Crippen LogP contribution in [0.2, 0.25) is 0 Å². The minimum absolute atomic E-state index is 0.733. The van der Waals surface area contributed by atoms with Crippen molar-refractivity contribution in [3.05, 3.63) is 42.1 Å². The Morgan fingerprint density at radius 1 is 1.05 bits per heavy atom. The van der Waals surface area contributed by atoms with Gasteiger partial charge in [0.2, 0.25) is 0 Å². The average Bonchev–Trinajstić information content (AvgIpc) is 2.47. The number of rotatable bonds is 6. The predicted molar refractivity (Wildman–Crippen MR) is 76.0 cm³/mol. The van der Waals surface area contributed by atoms with Crippen LogP contribution in [0, 0.1) is 0 Å². The molecule has 1 heterocycles. The van der Waals surface area contributed by atoms with Gasteiger partial charge in [-0.3, -0.25) is 0 Å². The molecule has 100 valence electrons. The molecule has 0 bridgehead atoms. The van der Waals surface area contributed by atoms with E-state index in [9.17, 15) is 0 Å². The number of hydrogen-bond acceptors (Lipinski definition) is 4. The molecule has 0 radical (unpaired) electrons. The zero-order valence-corrected chi connectivity index (χ0v) is 11.4. The van der Waals surface area contributed by atoms with Gasteiger partial charge in [-0.05, 0) is 49.9 Å². The summed E-state index contributed by atoms with van der Waals surface area (Å²) in [6.07, 6.45) is 1.01. The Balaban J connectivity index is 2.08. The van der Waals surface area contributed by atoms with E-state index in [0.717, 1.165) is 42.3 Å². The van der Waals surface area contributed by atoms with Gasteiger partial charge in [-0.1, -0.05) is 6.92 Å². The largest absolute Gasteiger partial charge is 0.494 e. The molecule has 0 aliphatic rings. The first-order valence-corrected chi connectivity index (χ1v) is 6.54. The first kappa shape index (κ1) is 13.5. The lowest BCUT2D eigenvalue weighted by Crippen LogP contribution is -2.07. The van der Waals surface area contributed by atoms with Crippen molar-refractivity contribution in [3.63, 3.8) is 0 Å². The molecule has 0 fully saturated rings. The Morgan fingerprint density at radius 3 is 2.42 bits per heavy atom. The second-order valence-corrected chi connectivity index (χ2v) is 4.31. The van der Waals surface area contributed by atoms with Crippen LogP contribution in [-0.4, -0.2) is 23.9 Å². The van der Waals surface area contributed by atoms with Gasteiger partial charge in [0.05, 0.1) is 18.0 Å². The summed E-state index contributed by atoms with van der Waals surface area (Å²) in [5, 5.41) is 11.5. The summed E-state index contributed by atoms with van der Waals surface area (Å²) in [6, 6.07) is 11.9. The maximum atomic E-state index is 5.55. The predicted octanol–water partition coefficient (Wildman–Crippen LogP) is 2.65. The third kappa shape index (κ3) is 3.76. The molecule has 19 heavy (non-hydrogen) atoms. The highest BCUT2D eigenvalue weighted by molar-refractivity contribution is 5.59. The molecule has 2 rings (SSSR count). The quantitative estimate of drug-likeness (QED) is 0.864. The smallest absolute Gasteiger partial charge is 0.119 e. The lowest BCUT2D eigenvalue weighted by atomic mass is 10.1. The Kier molecular flexibility index (Phi) is 4.86. The molecule has 0 saturated heterocycles. The lowest BCUT2D eigenvalue weighted by molar-refractivity contribution is 0.317. The number of benzene rings is 1. The van der Waals surface area contributed by atoms with Crippen molar-refractivity contribution in [3.8, 4) is 17.0 Å². The van der Waals surface area contributed by atoms with Gasteiger partial charge in [0.15, 0.2) is 0 Å². The summed E-state index contributed by atoms with van der Waals surface area (Å²) in [5.74, 6) is 0.894. The minimum atomic E-state index is 0.733. The van der Waals surface area contributed by atoms with E-state index < -0.39 is 0 Å². The molecule has 0 amide bonds. The average molecular weight is 257 g/mol. The van der Waals surface area contributed by atoms with Gasteiger partial charge in [0.25, 0.3) is 0 Å². The summed E-state index contributed by atoms with van der Waals surface area (Å²) < 4.78 is 5.55. The Bertz CT molecular complexity index is 494. The van der Waals surface area contributed by atoms with E-state index in [0.29, 0.717) is 0 Å². The van der Waals surface area contributed by atoms with Crippen molar-refractivity contribution >= 4 is 0 Å². The van der Waals surface area contributed by atoms with Crippen LogP contribution in [0.4, 0.5) is 0 Å². The lowest BCUT2D eigenvalue weighted by Gasteiger charge is -2.06. The normalized spacial score (nSPS) is 10.4. The topological polar surface area (TPSA) is 47.0 Å². The van der Waals surface area contributed by atoms with Gasteiger partial charge >= 0.3 is 0 Å². The fraction of sp³-hybridized carbons (Fsp3) is 0.333. The minimum Gasteiger partial charge on any atom is -0.494 e. The molecular formula is C15H19N3O. The van der Waals surface area contributed by atoms with Crippen LogP contribution in [0.3, 0.4) is 0 Å². The highest BCUT2D eigenvalue weighted by atomic mass is 16.5. The van der Waals surface area contributed by atoms with Crippen LogP contribution in [-0.2, 0) is 6.54 Å². The molecule has 1 aromatic carbocycles. The van der Waals surface area contributed by atoms with Crippen molar-refractivity contribution in [1.82, 2.24) is 15.5 Å². The van der Waals surface area contributed by atoms with Gasteiger partial charge in [-0.25, -0.2) is 0 Å². The molecule has 0 atom stereocenters. The van der Waals surface area contributed by atoms with E-state index in [1.807, 2.05) is 43.4 Å². The van der Waals surface area contributed by atoms with Crippen LogP contribution in [0.15, 0.2) is 36.4 Å². The van der Waals surface area contributed by atoms with E-state index in [1.165, 1.54) is 0 Å². The first-order chi connectivity index (χ1) is 9.33. The van der Waals surface area contributed by atoms with E-state index >= 15 is 0 Å². The van der Waals surface area contributed by atoms with Gasteiger partial charge in [-0.2, -0.15) is 10.2 Å². The summed E-state index contributed by atoms with van der Waals surface area (Å²) in [6.45, 7) is 3.58. The molecule has 0 spiro atoms. The van der Waals surface area contributed by atoms with Crippen molar-refractivity contribution in [1.29, 1.82) is 0 Å². The van der Waals surface area contributed by atoms with Crippen molar-refractivity contribution in [2.45, 2.75) is 19.9 Å². The van der Waals surface area contributed by atoms with E-state index in [-0.39, 0.29) is 0 Å². The summed E-state index contributed by atoms with van der Waals surface area (Å²) in [7, 11) is 1.89. The maximum absolute atomic E-state index is 5.55. The maximum Gasteiger partial charge on any atom is 0.119 e. The monoisotopic (exact) mass is 257 g/mol. The van der Waals surface area contributed by atoms with Crippen LogP contribution in [0.25, 0.3) is 11.3 Å². The number of nitrogens with zero attached hydrogens (tertiary/aromatic N) is 2. The molecule has 0 saturated carbocycles. The number of aromatic nitrogens is 2. The Hall–Kier alpha value is -1.94. The fourth-order valence-corrected chi connectivity index (χ4v) is 1.73. The molecule has 2 aromatic rings. The third-order valence-electron chi connectivity index (χ3n) is 2.70. The SMILES string of the molecule is CCCOc1ccc(-c2ccc(CNC)nn2)cc1. The molecule has 0 aliphatic heterocycles. The third-order valence-corrected chi connectivity index (χ3v) is 2.70. The Morgan fingerprint density at radius 2 is 1.84 bits per heavy atom. The summed E-state index contributed by atoms with van der Waals surface area (Å²) in [4.78, 5) is 0. The highest BCUT2D eigenvalue weighted by Gasteiger charge is 2.01. The van der Waals surface area contributed by atoms with Crippen LogP contribution >= 0.6 is 0 Å². The number of ether oxygens (including phenoxy) is 1. The van der Waals surface area contributed by atoms with E-state index in [2.05, 4.69) is 22.4 Å². The van der Waals surface area contributed by atoms with Gasteiger partial charge in [0.1, 0.15) is 5.75 Å². The summed E-state index contributed by atoms with van der Waals surface area (Å²) >= 11 is 0. The van der Waals surface area contributed by atoms with Gasteiger partial charge in [0, 0.05) is 12.1 Å².